The molecule has 0 aromatic rings. The first-order valence-corrected chi connectivity index (χ1v) is 2.00. The Morgan fingerprint density at radius 3 is 1.90 bits per heavy atom. The Bertz CT molecular complexity index is 122. The first-order chi connectivity index (χ1) is 3.66. The van der Waals surface area contributed by atoms with E-state index in [4.69, 9.17) is 16.9 Å². The molecule has 0 fully saturated rings. The van der Waals surface area contributed by atoms with Crippen LogP contribution in [0.5, 0.6) is 0 Å². The molecule has 7 heteroatoms. The maximum atomic E-state index is 6.63. The summed E-state index contributed by atoms with van der Waals surface area (Å²) in [5.41, 5.74) is 9.97. The molecular formula is C3H11Cl2N5. The van der Waals surface area contributed by atoms with Gasteiger partial charge in [-0.05, 0) is 0 Å². The predicted molar refractivity (Wildman–Crippen MR) is 47.1 cm³/mol. The SMILES string of the molecule is CN=C(N)NC(=N)N.Cl.Cl. The van der Waals surface area contributed by atoms with Crippen LogP contribution in [-0.4, -0.2) is 19.0 Å². The predicted octanol–water partition coefficient (Wildman–Crippen LogP) is -0.742. The second kappa shape index (κ2) is 8.32. The smallest absolute Gasteiger partial charge is 0.195 e. The summed E-state index contributed by atoms with van der Waals surface area (Å²) in [4.78, 5) is 3.49. The van der Waals surface area contributed by atoms with Crippen LogP contribution in [-0.2, 0) is 0 Å². The average molecular weight is 188 g/mol. The topological polar surface area (TPSA) is 100 Å². The van der Waals surface area contributed by atoms with Gasteiger partial charge < -0.3 is 11.5 Å². The van der Waals surface area contributed by atoms with E-state index in [0.29, 0.717) is 0 Å². The van der Waals surface area contributed by atoms with E-state index in [1.54, 1.807) is 0 Å². The molecule has 0 aliphatic carbocycles. The van der Waals surface area contributed by atoms with E-state index in [0.717, 1.165) is 0 Å². The maximum Gasteiger partial charge on any atom is 0.195 e. The van der Waals surface area contributed by atoms with Crippen molar-refractivity contribution in [3.63, 3.8) is 0 Å². The van der Waals surface area contributed by atoms with Gasteiger partial charge in [-0.15, -0.1) is 24.8 Å². The van der Waals surface area contributed by atoms with Gasteiger partial charge in [-0.1, -0.05) is 0 Å². The number of aliphatic imine (C=N–C) groups is 1. The molecule has 5 nitrogen and oxygen atoms in total. The highest BCUT2D eigenvalue weighted by Gasteiger charge is 1.86. The van der Waals surface area contributed by atoms with E-state index in [1.165, 1.54) is 7.05 Å². The van der Waals surface area contributed by atoms with Crippen molar-refractivity contribution in [1.29, 1.82) is 5.41 Å². The van der Waals surface area contributed by atoms with Gasteiger partial charge in [0.1, 0.15) is 0 Å². The second-order valence-corrected chi connectivity index (χ2v) is 1.15. The lowest BCUT2D eigenvalue weighted by atomic mass is 10.9. The van der Waals surface area contributed by atoms with E-state index < -0.39 is 0 Å². The zero-order chi connectivity index (χ0) is 6.57. The van der Waals surface area contributed by atoms with Crippen molar-refractivity contribution in [3.8, 4) is 0 Å². The molecule has 0 spiro atoms. The number of guanidine groups is 2. The largest absolute Gasteiger partial charge is 0.370 e. The first-order valence-electron chi connectivity index (χ1n) is 2.00. The Kier molecular flexibility index (Phi) is 13.4. The van der Waals surface area contributed by atoms with E-state index in [1.807, 2.05) is 0 Å². The van der Waals surface area contributed by atoms with Gasteiger partial charge in [0.2, 0.25) is 0 Å². The summed E-state index contributed by atoms with van der Waals surface area (Å²) < 4.78 is 0. The first kappa shape index (κ1) is 16.2. The highest BCUT2D eigenvalue weighted by molar-refractivity contribution is 5.95. The van der Waals surface area contributed by atoms with Crippen molar-refractivity contribution in [2.24, 2.45) is 16.5 Å². The molecule has 0 unspecified atom stereocenters. The minimum atomic E-state index is -0.201. The summed E-state index contributed by atoms with van der Waals surface area (Å²) in [7, 11) is 1.51. The van der Waals surface area contributed by atoms with Crippen LogP contribution >= 0.6 is 24.8 Å². The number of hydrogen-bond acceptors (Lipinski definition) is 2. The van der Waals surface area contributed by atoms with Crippen molar-refractivity contribution in [2.45, 2.75) is 0 Å². The van der Waals surface area contributed by atoms with Crippen LogP contribution in [0, 0.1) is 5.41 Å². The van der Waals surface area contributed by atoms with Crippen LogP contribution in [0.25, 0.3) is 0 Å². The van der Waals surface area contributed by atoms with Crippen LogP contribution < -0.4 is 16.8 Å². The van der Waals surface area contributed by atoms with Gasteiger partial charge in [0, 0.05) is 7.05 Å². The molecule has 0 saturated carbocycles. The summed E-state index contributed by atoms with van der Waals surface area (Å²) >= 11 is 0. The fraction of sp³-hybridized carbons (Fsp3) is 0.333. The standard InChI is InChI=1S/C3H9N5.2ClH/c1-7-3(6)8-2(4)5;;/h1H3,(H6,4,5,6,7,8);2*1H. The third-order valence-corrected chi connectivity index (χ3v) is 0.504. The zero-order valence-corrected chi connectivity index (χ0v) is 7.05. The minimum Gasteiger partial charge on any atom is -0.370 e. The van der Waals surface area contributed by atoms with E-state index >= 15 is 0 Å². The summed E-state index contributed by atoms with van der Waals surface area (Å²) in [6.07, 6.45) is 0. The molecule has 0 radical (unpaired) electrons. The molecule has 0 aromatic heterocycles. The minimum absolute atomic E-state index is 0. The third-order valence-electron chi connectivity index (χ3n) is 0.504. The van der Waals surface area contributed by atoms with Gasteiger partial charge >= 0.3 is 0 Å². The monoisotopic (exact) mass is 187 g/mol. The molecule has 0 aliphatic heterocycles. The second-order valence-electron chi connectivity index (χ2n) is 1.15. The van der Waals surface area contributed by atoms with Crippen LogP contribution in [0.15, 0.2) is 4.99 Å². The normalized spacial score (nSPS) is 8.70. The molecule has 62 valence electrons. The highest BCUT2D eigenvalue weighted by atomic mass is 35.5. The summed E-state index contributed by atoms with van der Waals surface area (Å²) in [5.74, 6) is -0.0504. The Labute approximate surface area is 71.6 Å². The molecule has 10 heavy (non-hydrogen) atoms. The molecule has 0 amide bonds. The van der Waals surface area contributed by atoms with Gasteiger partial charge in [-0.2, -0.15) is 0 Å². The van der Waals surface area contributed by atoms with E-state index in [-0.39, 0.29) is 36.7 Å². The van der Waals surface area contributed by atoms with Crippen molar-refractivity contribution in [1.82, 2.24) is 5.32 Å². The quantitative estimate of drug-likeness (QED) is 0.297. The molecular weight excluding hydrogens is 177 g/mol. The Balaban J connectivity index is -0.000000245. The molecule has 0 atom stereocenters. The van der Waals surface area contributed by atoms with Crippen LogP contribution in [0.3, 0.4) is 0 Å². The molecule has 0 bridgehead atoms. The third kappa shape index (κ3) is 10.3. The molecule has 0 heterocycles. The summed E-state index contributed by atoms with van der Waals surface area (Å²) in [5, 5.41) is 8.92. The number of rotatable bonds is 0. The summed E-state index contributed by atoms with van der Waals surface area (Å²) in [6, 6.07) is 0. The number of nitrogens with two attached hydrogens (primary N) is 2. The van der Waals surface area contributed by atoms with Crippen molar-refractivity contribution >= 4 is 36.7 Å². The lowest BCUT2D eigenvalue weighted by molar-refractivity contribution is 1.19. The lowest BCUT2D eigenvalue weighted by Gasteiger charge is -1.97. The number of nitrogens with zero attached hydrogens (tertiary/aromatic N) is 1. The highest BCUT2D eigenvalue weighted by Crippen LogP contribution is 1.53. The van der Waals surface area contributed by atoms with Crippen molar-refractivity contribution < 1.29 is 0 Å². The van der Waals surface area contributed by atoms with Crippen molar-refractivity contribution in [3.05, 3.63) is 0 Å². The van der Waals surface area contributed by atoms with Crippen LogP contribution in [0.4, 0.5) is 0 Å². The number of halogens is 2. The van der Waals surface area contributed by atoms with Crippen molar-refractivity contribution in [2.75, 3.05) is 7.05 Å². The molecule has 0 aromatic carbocycles. The zero-order valence-electron chi connectivity index (χ0n) is 5.42. The van der Waals surface area contributed by atoms with Gasteiger partial charge in [0.25, 0.3) is 0 Å². The molecule has 0 saturated heterocycles. The Hall–Kier alpha value is -0.680. The summed E-state index contributed by atoms with van der Waals surface area (Å²) in [6.45, 7) is 0. The molecule has 0 rings (SSSR count). The number of nitrogens with one attached hydrogen (secondary N) is 2. The van der Waals surface area contributed by atoms with Gasteiger partial charge in [0.15, 0.2) is 11.9 Å². The van der Waals surface area contributed by atoms with E-state index in [2.05, 4.69) is 10.3 Å². The lowest BCUT2D eigenvalue weighted by Crippen LogP contribution is -2.40. The fourth-order valence-electron chi connectivity index (χ4n) is 0.194. The van der Waals surface area contributed by atoms with Crippen LogP contribution in [0.1, 0.15) is 0 Å². The van der Waals surface area contributed by atoms with Gasteiger partial charge in [0.05, 0.1) is 0 Å². The Morgan fingerprint density at radius 2 is 1.80 bits per heavy atom. The van der Waals surface area contributed by atoms with E-state index in [9.17, 15) is 0 Å². The van der Waals surface area contributed by atoms with Gasteiger partial charge in [-0.3, -0.25) is 15.7 Å². The molecule has 0 aliphatic rings. The van der Waals surface area contributed by atoms with Gasteiger partial charge in [-0.25, -0.2) is 0 Å². The number of hydrogen-bond donors (Lipinski definition) is 4. The van der Waals surface area contributed by atoms with Crippen LogP contribution in [0.2, 0.25) is 0 Å². The maximum absolute atomic E-state index is 6.63. The average Bonchev–Trinajstić information content (AvgIpc) is 1.65. The fourth-order valence-corrected chi connectivity index (χ4v) is 0.194. The molecule has 6 N–H and O–H groups in total. The Morgan fingerprint density at radius 1 is 1.40 bits per heavy atom.